The molecule has 4 aromatic rings. The highest BCUT2D eigenvalue weighted by molar-refractivity contribution is 7.92. The normalized spacial score (nSPS) is 11.5. The Bertz CT molecular complexity index is 1290. The minimum absolute atomic E-state index is 0.188. The minimum Gasteiger partial charge on any atom is -0.348 e. The number of nitrogens with zero attached hydrogens (tertiary/aromatic N) is 1. The van der Waals surface area contributed by atoms with Gasteiger partial charge in [-0.2, -0.15) is 0 Å². The van der Waals surface area contributed by atoms with Gasteiger partial charge in [-0.3, -0.25) is 9.52 Å². The first-order valence-electron chi connectivity index (χ1n) is 8.75. The Hall–Kier alpha value is -3.17. The number of rotatable bonds is 6. The van der Waals surface area contributed by atoms with Crippen LogP contribution in [0.2, 0.25) is 0 Å². The van der Waals surface area contributed by atoms with E-state index in [1.807, 2.05) is 35.8 Å². The largest absolute Gasteiger partial charge is 0.348 e. The SMILES string of the molecule is CS(=O)(=O)Nc1cccc(CNC(=O)c2csc(-c3c[nH]c4ncccc34)c2)c1. The van der Waals surface area contributed by atoms with Crippen molar-refractivity contribution >= 4 is 44.0 Å². The number of carbonyl (C=O) groups is 1. The van der Waals surface area contributed by atoms with E-state index in [-0.39, 0.29) is 5.91 Å². The van der Waals surface area contributed by atoms with Crippen LogP contribution in [0, 0.1) is 0 Å². The molecule has 4 rings (SSSR count). The highest BCUT2D eigenvalue weighted by atomic mass is 32.2. The quantitative estimate of drug-likeness (QED) is 0.438. The first kappa shape index (κ1) is 19.2. The summed E-state index contributed by atoms with van der Waals surface area (Å²) in [6, 6.07) is 12.7. The number of nitrogens with one attached hydrogen (secondary N) is 3. The lowest BCUT2D eigenvalue weighted by molar-refractivity contribution is 0.0951. The Morgan fingerprint density at radius 1 is 1.21 bits per heavy atom. The van der Waals surface area contributed by atoms with E-state index in [9.17, 15) is 13.2 Å². The third-order valence-corrected chi connectivity index (χ3v) is 5.83. The lowest BCUT2D eigenvalue weighted by Crippen LogP contribution is -2.22. The zero-order valence-corrected chi connectivity index (χ0v) is 17.1. The maximum absolute atomic E-state index is 12.5. The van der Waals surface area contributed by atoms with E-state index in [1.165, 1.54) is 11.3 Å². The van der Waals surface area contributed by atoms with Crippen LogP contribution in [-0.4, -0.2) is 30.5 Å². The second-order valence-corrected chi connectivity index (χ2v) is 9.22. The van der Waals surface area contributed by atoms with Gasteiger partial charge in [0.05, 0.1) is 11.8 Å². The van der Waals surface area contributed by atoms with Gasteiger partial charge in [-0.05, 0) is 35.9 Å². The summed E-state index contributed by atoms with van der Waals surface area (Å²) in [7, 11) is -3.35. The molecule has 0 aliphatic carbocycles. The molecular formula is C20H18N4O3S2. The Balaban J connectivity index is 1.46. The average Bonchev–Trinajstić information content (AvgIpc) is 3.32. The summed E-state index contributed by atoms with van der Waals surface area (Å²) < 4.78 is 25.1. The van der Waals surface area contributed by atoms with E-state index in [4.69, 9.17) is 0 Å². The molecule has 0 atom stereocenters. The molecule has 9 heteroatoms. The maximum atomic E-state index is 12.5. The van der Waals surface area contributed by atoms with Crippen molar-refractivity contribution in [1.29, 1.82) is 0 Å². The van der Waals surface area contributed by atoms with Gasteiger partial charge in [0, 0.05) is 45.8 Å². The van der Waals surface area contributed by atoms with Crippen molar-refractivity contribution in [2.24, 2.45) is 0 Å². The number of pyridine rings is 1. The summed E-state index contributed by atoms with van der Waals surface area (Å²) >= 11 is 1.50. The van der Waals surface area contributed by atoms with Gasteiger partial charge in [0.2, 0.25) is 10.0 Å². The molecule has 0 bridgehead atoms. The van der Waals surface area contributed by atoms with Crippen LogP contribution in [0.5, 0.6) is 0 Å². The van der Waals surface area contributed by atoms with Gasteiger partial charge in [0.15, 0.2) is 0 Å². The third kappa shape index (κ3) is 4.47. The van der Waals surface area contributed by atoms with E-state index in [2.05, 4.69) is 20.0 Å². The van der Waals surface area contributed by atoms with E-state index in [1.54, 1.807) is 24.4 Å². The van der Waals surface area contributed by atoms with Gasteiger partial charge in [0.25, 0.3) is 5.91 Å². The molecule has 0 radical (unpaired) electrons. The predicted molar refractivity (Wildman–Crippen MR) is 115 cm³/mol. The maximum Gasteiger partial charge on any atom is 0.252 e. The number of aromatic nitrogens is 2. The van der Waals surface area contributed by atoms with E-state index in [0.29, 0.717) is 17.8 Å². The van der Waals surface area contributed by atoms with Crippen LogP contribution in [0.4, 0.5) is 5.69 Å². The zero-order valence-electron chi connectivity index (χ0n) is 15.5. The van der Waals surface area contributed by atoms with Crippen molar-refractivity contribution in [3.63, 3.8) is 0 Å². The number of thiophene rings is 1. The number of amides is 1. The highest BCUT2D eigenvalue weighted by Crippen LogP contribution is 2.32. The van der Waals surface area contributed by atoms with Crippen LogP contribution in [0.25, 0.3) is 21.5 Å². The van der Waals surface area contributed by atoms with Gasteiger partial charge in [-0.25, -0.2) is 13.4 Å². The fourth-order valence-electron chi connectivity index (χ4n) is 3.00. The van der Waals surface area contributed by atoms with Gasteiger partial charge in [-0.15, -0.1) is 11.3 Å². The van der Waals surface area contributed by atoms with Crippen molar-refractivity contribution in [2.75, 3.05) is 11.0 Å². The molecule has 0 saturated carbocycles. The van der Waals surface area contributed by atoms with Crippen molar-refractivity contribution in [3.05, 3.63) is 71.4 Å². The predicted octanol–water partition coefficient (Wildman–Crippen LogP) is 3.59. The van der Waals surface area contributed by atoms with Crippen LogP contribution in [-0.2, 0) is 16.6 Å². The molecule has 7 nitrogen and oxygen atoms in total. The van der Waals surface area contributed by atoms with E-state index in [0.717, 1.165) is 33.3 Å². The highest BCUT2D eigenvalue weighted by Gasteiger charge is 2.13. The number of fused-ring (bicyclic) bond motifs is 1. The number of hydrogen-bond donors (Lipinski definition) is 3. The molecule has 148 valence electrons. The number of sulfonamides is 1. The second-order valence-electron chi connectivity index (χ2n) is 6.56. The number of anilines is 1. The van der Waals surface area contributed by atoms with Crippen LogP contribution in [0.1, 0.15) is 15.9 Å². The summed E-state index contributed by atoms with van der Waals surface area (Å²) in [5.41, 5.74) is 3.66. The summed E-state index contributed by atoms with van der Waals surface area (Å²) in [5.74, 6) is -0.188. The summed E-state index contributed by atoms with van der Waals surface area (Å²) in [5, 5.41) is 5.70. The topological polar surface area (TPSA) is 104 Å². The standard InChI is InChI=1S/C20H18N4O3S2/c1-29(26,27)24-15-5-2-4-13(8-15)10-23-20(25)14-9-18(28-12-14)17-11-22-19-16(17)6-3-7-21-19/h2-9,11-12,24H,10H2,1H3,(H,21,22)(H,23,25). The van der Waals surface area contributed by atoms with Crippen molar-refractivity contribution < 1.29 is 13.2 Å². The smallest absolute Gasteiger partial charge is 0.252 e. The molecule has 3 heterocycles. The summed E-state index contributed by atoms with van der Waals surface area (Å²) in [4.78, 5) is 21.0. The van der Waals surface area contributed by atoms with Gasteiger partial charge >= 0.3 is 0 Å². The third-order valence-electron chi connectivity index (χ3n) is 4.26. The van der Waals surface area contributed by atoms with Crippen LogP contribution in [0.15, 0.2) is 60.2 Å². The van der Waals surface area contributed by atoms with Gasteiger partial charge in [0.1, 0.15) is 5.65 Å². The number of hydrogen-bond acceptors (Lipinski definition) is 5. The van der Waals surface area contributed by atoms with Crippen LogP contribution >= 0.6 is 11.3 Å². The first-order valence-corrected chi connectivity index (χ1v) is 11.5. The Labute approximate surface area is 171 Å². The molecular weight excluding hydrogens is 408 g/mol. The van der Waals surface area contributed by atoms with E-state index < -0.39 is 10.0 Å². The van der Waals surface area contributed by atoms with Gasteiger partial charge < -0.3 is 10.3 Å². The molecule has 0 unspecified atom stereocenters. The second kappa shape index (κ2) is 7.69. The average molecular weight is 427 g/mol. The van der Waals surface area contributed by atoms with Crippen molar-refractivity contribution in [3.8, 4) is 10.4 Å². The molecule has 1 amide bonds. The van der Waals surface area contributed by atoms with Crippen molar-refractivity contribution in [2.45, 2.75) is 6.54 Å². The Morgan fingerprint density at radius 3 is 2.90 bits per heavy atom. The number of benzene rings is 1. The lowest BCUT2D eigenvalue weighted by atomic mass is 10.1. The van der Waals surface area contributed by atoms with Gasteiger partial charge in [-0.1, -0.05) is 12.1 Å². The number of H-pyrrole nitrogens is 1. The molecule has 0 aliphatic heterocycles. The van der Waals surface area contributed by atoms with Crippen molar-refractivity contribution in [1.82, 2.24) is 15.3 Å². The van der Waals surface area contributed by atoms with Crippen LogP contribution in [0.3, 0.4) is 0 Å². The minimum atomic E-state index is -3.35. The monoisotopic (exact) mass is 426 g/mol. The molecule has 0 aliphatic rings. The molecule has 0 saturated heterocycles. The first-order chi connectivity index (χ1) is 13.9. The molecule has 29 heavy (non-hydrogen) atoms. The number of carbonyl (C=O) groups excluding carboxylic acids is 1. The fraction of sp³-hybridized carbons (Fsp3) is 0.100. The van der Waals surface area contributed by atoms with Crippen LogP contribution < -0.4 is 10.0 Å². The lowest BCUT2D eigenvalue weighted by Gasteiger charge is -2.07. The summed E-state index contributed by atoms with van der Waals surface area (Å²) in [6.45, 7) is 0.292. The molecule has 3 aromatic heterocycles. The molecule has 0 fully saturated rings. The summed E-state index contributed by atoms with van der Waals surface area (Å²) in [6.07, 6.45) is 4.72. The number of aromatic amines is 1. The zero-order chi connectivity index (χ0) is 20.4. The molecule has 1 aromatic carbocycles. The Kier molecular flexibility index (Phi) is 5.08. The fourth-order valence-corrected chi connectivity index (χ4v) is 4.47. The van der Waals surface area contributed by atoms with E-state index >= 15 is 0 Å². The molecule has 0 spiro atoms. The molecule has 3 N–H and O–H groups in total. The Morgan fingerprint density at radius 2 is 2.07 bits per heavy atom.